The summed E-state index contributed by atoms with van der Waals surface area (Å²) in [7, 11) is 0. The Morgan fingerprint density at radius 2 is 1.75 bits per heavy atom. The lowest BCUT2D eigenvalue weighted by molar-refractivity contribution is -0.122. The minimum Gasteiger partial charge on any atom is -0.481 e. The molecule has 168 valence electrons. The van der Waals surface area contributed by atoms with Gasteiger partial charge in [-0.05, 0) is 62.9 Å². The number of benzene rings is 2. The number of rotatable bonds is 8. The first-order valence-corrected chi connectivity index (χ1v) is 11.7. The molecule has 0 spiro atoms. The van der Waals surface area contributed by atoms with E-state index in [1.807, 2.05) is 88.5 Å². The first-order chi connectivity index (χ1) is 15.3. The smallest absolute Gasteiger partial charge is 0.266 e. The molecule has 0 saturated heterocycles. The highest BCUT2D eigenvalue weighted by Gasteiger charge is 2.25. The number of thiophene rings is 1. The molecular formula is C26H30N2O3S. The third kappa shape index (κ3) is 5.56. The van der Waals surface area contributed by atoms with Crippen molar-refractivity contribution in [2.24, 2.45) is 0 Å². The summed E-state index contributed by atoms with van der Waals surface area (Å²) in [5, 5.41) is 8.32. The largest absolute Gasteiger partial charge is 0.481 e. The SMILES string of the molecule is CCC(Oc1ccc(C)c(C)c1)C(=O)Nc1scc(-c2ccccc2)c1C(=O)NC(C)C. The molecule has 0 bridgehead atoms. The summed E-state index contributed by atoms with van der Waals surface area (Å²) >= 11 is 1.35. The van der Waals surface area contributed by atoms with Crippen LogP contribution < -0.4 is 15.4 Å². The fourth-order valence-corrected chi connectivity index (χ4v) is 4.28. The molecule has 1 aromatic heterocycles. The molecule has 6 heteroatoms. The maximum atomic E-state index is 13.1. The van der Waals surface area contributed by atoms with Crippen LogP contribution >= 0.6 is 11.3 Å². The summed E-state index contributed by atoms with van der Waals surface area (Å²) in [6.45, 7) is 9.78. The molecule has 5 nitrogen and oxygen atoms in total. The number of ether oxygens (including phenoxy) is 1. The molecule has 2 aromatic carbocycles. The predicted octanol–water partition coefficient (Wildman–Crippen LogP) is 5.97. The summed E-state index contributed by atoms with van der Waals surface area (Å²) < 4.78 is 5.98. The van der Waals surface area contributed by atoms with Crippen molar-refractivity contribution < 1.29 is 14.3 Å². The molecular weight excluding hydrogens is 420 g/mol. The van der Waals surface area contributed by atoms with Gasteiger partial charge in [-0.15, -0.1) is 11.3 Å². The summed E-state index contributed by atoms with van der Waals surface area (Å²) in [6.07, 6.45) is -0.163. The van der Waals surface area contributed by atoms with Crippen LogP contribution in [-0.4, -0.2) is 24.0 Å². The molecule has 0 aliphatic rings. The molecule has 32 heavy (non-hydrogen) atoms. The van der Waals surface area contributed by atoms with Gasteiger partial charge in [0.05, 0.1) is 5.56 Å². The van der Waals surface area contributed by atoms with Gasteiger partial charge in [0.2, 0.25) is 0 Å². The van der Waals surface area contributed by atoms with Crippen LogP contribution in [0.15, 0.2) is 53.9 Å². The van der Waals surface area contributed by atoms with Crippen LogP contribution in [0.25, 0.3) is 11.1 Å². The van der Waals surface area contributed by atoms with Crippen molar-refractivity contribution >= 4 is 28.2 Å². The van der Waals surface area contributed by atoms with Gasteiger partial charge in [-0.2, -0.15) is 0 Å². The molecule has 0 aliphatic heterocycles. The molecule has 3 aromatic rings. The number of carbonyl (C=O) groups excluding carboxylic acids is 2. The topological polar surface area (TPSA) is 67.4 Å². The van der Waals surface area contributed by atoms with Gasteiger partial charge in [-0.3, -0.25) is 9.59 Å². The van der Waals surface area contributed by atoms with E-state index in [0.29, 0.717) is 22.7 Å². The summed E-state index contributed by atoms with van der Waals surface area (Å²) in [6, 6.07) is 15.5. The van der Waals surface area contributed by atoms with Crippen molar-refractivity contribution in [3.63, 3.8) is 0 Å². The molecule has 2 N–H and O–H groups in total. The Morgan fingerprint density at radius 3 is 2.38 bits per heavy atom. The molecule has 1 unspecified atom stereocenters. The Labute approximate surface area is 193 Å². The maximum Gasteiger partial charge on any atom is 0.266 e. The van der Waals surface area contributed by atoms with Gasteiger partial charge in [0.25, 0.3) is 11.8 Å². The van der Waals surface area contributed by atoms with E-state index in [4.69, 9.17) is 4.74 Å². The van der Waals surface area contributed by atoms with Crippen LogP contribution in [0.5, 0.6) is 5.75 Å². The Balaban J connectivity index is 1.87. The van der Waals surface area contributed by atoms with E-state index in [1.165, 1.54) is 16.9 Å². The Bertz CT molecular complexity index is 1090. The van der Waals surface area contributed by atoms with Gasteiger partial charge >= 0.3 is 0 Å². The Kier molecular flexibility index (Phi) is 7.70. The molecule has 1 atom stereocenters. The van der Waals surface area contributed by atoms with E-state index in [1.54, 1.807) is 0 Å². The first-order valence-electron chi connectivity index (χ1n) is 10.8. The molecule has 1 heterocycles. The highest BCUT2D eigenvalue weighted by Crippen LogP contribution is 2.36. The van der Waals surface area contributed by atoms with Crippen LogP contribution in [-0.2, 0) is 4.79 Å². The zero-order chi connectivity index (χ0) is 23.3. The fraction of sp³-hybridized carbons (Fsp3) is 0.308. The van der Waals surface area contributed by atoms with Gasteiger partial charge in [-0.1, -0.05) is 43.3 Å². The second kappa shape index (κ2) is 10.5. The highest BCUT2D eigenvalue weighted by atomic mass is 32.1. The van der Waals surface area contributed by atoms with Crippen molar-refractivity contribution in [3.05, 3.63) is 70.6 Å². The normalized spacial score (nSPS) is 11.8. The zero-order valence-corrected chi connectivity index (χ0v) is 20.0. The molecule has 0 fully saturated rings. The quantitative estimate of drug-likeness (QED) is 0.444. The van der Waals surface area contributed by atoms with Crippen molar-refractivity contribution in [1.82, 2.24) is 5.32 Å². The number of hydrogen-bond acceptors (Lipinski definition) is 4. The van der Waals surface area contributed by atoms with E-state index in [-0.39, 0.29) is 17.9 Å². The van der Waals surface area contributed by atoms with E-state index < -0.39 is 6.10 Å². The lowest BCUT2D eigenvalue weighted by atomic mass is 10.0. The lowest BCUT2D eigenvalue weighted by Gasteiger charge is -2.18. The first kappa shape index (κ1) is 23.5. The minimum absolute atomic E-state index is 0.0222. The standard InChI is InChI=1S/C26H30N2O3S/c1-6-22(31-20-13-12-17(4)18(5)14-20)24(29)28-26-23(25(30)27-16(2)3)21(15-32-26)19-10-8-7-9-11-19/h7-16,22H,6H2,1-5H3,(H,27,30)(H,28,29). The van der Waals surface area contributed by atoms with Crippen LogP contribution in [0, 0.1) is 13.8 Å². The highest BCUT2D eigenvalue weighted by molar-refractivity contribution is 7.15. The van der Waals surface area contributed by atoms with Crippen molar-refractivity contribution in [2.75, 3.05) is 5.32 Å². The van der Waals surface area contributed by atoms with E-state index in [0.717, 1.165) is 16.7 Å². The van der Waals surface area contributed by atoms with Gasteiger partial charge in [0, 0.05) is 17.0 Å². The molecule has 2 amide bonds. The lowest BCUT2D eigenvalue weighted by Crippen LogP contribution is -2.34. The number of carbonyl (C=O) groups is 2. The van der Waals surface area contributed by atoms with E-state index in [9.17, 15) is 9.59 Å². The summed E-state index contributed by atoms with van der Waals surface area (Å²) in [4.78, 5) is 26.1. The average Bonchev–Trinajstić information content (AvgIpc) is 3.18. The predicted molar refractivity (Wildman–Crippen MR) is 132 cm³/mol. The molecule has 3 rings (SSSR count). The summed E-state index contributed by atoms with van der Waals surface area (Å²) in [5.41, 5.74) is 4.48. The average molecular weight is 451 g/mol. The monoisotopic (exact) mass is 450 g/mol. The number of hydrogen-bond donors (Lipinski definition) is 2. The third-order valence-corrected chi connectivity index (χ3v) is 6.07. The second-order valence-electron chi connectivity index (χ2n) is 8.10. The fourth-order valence-electron chi connectivity index (χ4n) is 3.31. The van der Waals surface area contributed by atoms with E-state index >= 15 is 0 Å². The number of amides is 2. The van der Waals surface area contributed by atoms with Gasteiger partial charge in [0.15, 0.2) is 6.10 Å². The number of anilines is 1. The Morgan fingerprint density at radius 1 is 1.03 bits per heavy atom. The Hall–Kier alpha value is -3.12. The zero-order valence-electron chi connectivity index (χ0n) is 19.2. The van der Waals surface area contributed by atoms with Gasteiger partial charge in [0.1, 0.15) is 10.8 Å². The van der Waals surface area contributed by atoms with Gasteiger partial charge in [-0.25, -0.2) is 0 Å². The number of nitrogens with one attached hydrogen (secondary N) is 2. The second-order valence-corrected chi connectivity index (χ2v) is 8.98. The number of aryl methyl sites for hydroxylation is 2. The maximum absolute atomic E-state index is 13.1. The van der Waals surface area contributed by atoms with Crippen LogP contribution in [0.3, 0.4) is 0 Å². The minimum atomic E-state index is -0.666. The van der Waals surface area contributed by atoms with Crippen molar-refractivity contribution in [2.45, 2.75) is 53.2 Å². The van der Waals surface area contributed by atoms with Crippen LogP contribution in [0.2, 0.25) is 0 Å². The molecule has 0 saturated carbocycles. The van der Waals surface area contributed by atoms with Crippen molar-refractivity contribution in [1.29, 1.82) is 0 Å². The summed E-state index contributed by atoms with van der Waals surface area (Å²) in [5.74, 6) is 0.174. The van der Waals surface area contributed by atoms with Crippen LogP contribution in [0.1, 0.15) is 48.7 Å². The third-order valence-electron chi connectivity index (χ3n) is 5.18. The van der Waals surface area contributed by atoms with Crippen molar-refractivity contribution in [3.8, 4) is 16.9 Å². The van der Waals surface area contributed by atoms with Crippen LogP contribution in [0.4, 0.5) is 5.00 Å². The van der Waals surface area contributed by atoms with E-state index in [2.05, 4.69) is 10.6 Å². The molecule has 0 aliphatic carbocycles. The van der Waals surface area contributed by atoms with Gasteiger partial charge < -0.3 is 15.4 Å². The molecule has 0 radical (unpaired) electrons.